The van der Waals surface area contributed by atoms with Crippen molar-refractivity contribution in [2.75, 3.05) is 26.8 Å². The average molecular weight is 421 g/mol. The summed E-state index contributed by atoms with van der Waals surface area (Å²) in [5.74, 6) is 2.76. The lowest BCUT2D eigenvalue weighted by Crippen LogP contribution is -2.41. The summed E-state index contributed by atoms with van der Waals surface area (Å²) in [4.78, 5) is 4.73. The van der Waals surface area contributed by atoms with E-state index in [9.17, 15) is 0 Å². The standard InChI is InChI=1S/C24H32N6O/c1-19-28-29-23(30(19)2)18-27-24(25-14-15-31-3)26-17-22(21-12-8-5-9-13-21)16-20-10-6-4-7-11-20/h4-13,22H,14-18H2,1-3H3,(H2,25,26,27). The number of nitrogens with zero attached hydrogens (tertiary/aromatic N) is 4. The van der Waals surface area contributed by atoms with Crippen LogP contribution >= 0.6 is 0 Å². The zero-order valence-electron chi connectivity index (χ0n) is 18.6. The Hall–Kier alpha value is -3.19. The van der Waals surface area contributed by atoms with E-state index in [1.165, 1.54) is 11.1 Å². The number of aliphatic imine (C=N–C) groups is 1. The van der Waals surface area contributed by atoms with Crippen LogP contribution in [0.25, 0.3) is 0 Å². The fraction of sp³-hybridized carbons (Fsp3) is 0.375. The number of guanidine groups is 1. The molecule has 3 rings (SSSR count). The normalized spacial score (nSPS) is 12.5. The van der Waals surface area contributed by atoms with E-state index < -0.39 is 0 Å². The SMILES string of the molecule is COCCNC(=NCc1nnc(C)n1C)NCC(Cc1ccccc1)c1ccccc1. The lowest BCUT2D eigenvalue weighted by molar-refractivity contribution is 0.203. The highest BCUT2D eigenvalue weighted by molar-refractivity contribution is 5.79. The third-order valence-corrected chi connectivity index (χ3v) is 5.27. The minimum absolute atomic E-state index is 0.315. The summed E-state index contributed by atoms with van der Waals surface area (Å²) in [5, 5.41) is 15.2. The number of aromatic nitrogens is 3. The molecule has 164 valence electrons. The highest BCUT2D eigenvalue weighted by Crippen LogP contribution is 2.20. The summed E-state index contributed by atoms with van der Waals surface area (Å²) in [7, 11) is 3.65. The summed E-state index contributed by atoms with van der Waals surface area (Å²) >= 11 is 0. The lowest BCUT2D eigenvalue weighted by atomic mass is 9.92. The maximum Gasteiger partial charge on any atom is 0.191 e. The number of hydrogen-bond acceptors (Lipinski definition) is 4. The van der Waals surface area contributed by atoms with Crippen LogP contribution in [0.4, 0.5) is 0 Å². The highest BCUT2D eigenvalue weighted by Gasteiger charge is 2.14. The van der Waals surface area contributed by atoms with Gasteiger partial charge in [0, 0.05) is 33.2 Å². The van der Waals surface area contributed by atoms with Crippen LogP contribution in [-0.4, -0.2) is 47.5 Å². The Morgan fingerprint density at radius 1 is 1.03 bits per heavy atom. The van der Waals surface area contributed by atoms with E-state index in [2.05, 4.69) is 81.5 Å². The van der Waals surface area contributed by atoms with Crippen molar-refractivity contribution in [1.82, 2.24) is 25.4 Å². The smallest absolute Gasteiger partial charge is 0.191 e. The molecule has 2 aromatic carbocycles. The first-order valence-electron chi connectivity index (χ1n) is 10.6. The number of benzene rings is 2. The van der Waals surface area contributed by atoms with Crippen molar-refractivity contribution in [1.29, 1.82) is 0 Å². The van der Waals surface area contributed by atoms with Gasteiger partial charge < -0.3 is 19.9 Å². The predicted molar refractivity (Wildman–Crippen MR) is 124 cm³/mol. The molecule has 0 fully saturated rings. The first kappa shape index (κ1) is 22.5. The Morgan fingerprint density at radius 2 is 1.74 bits per heavy atom. The molecule has 0 aliphatic heterocycles. The van der Waals surface area contributed by atoms with E-state index in [0.717, 1.165) is 30.6 Å². The maximum absolute atomic E-state index is 5.18. The van der Waals surface area contributed by atoms with Crippen molar-refractivity contribution >= 4 is 5.96 Å². The third kappa shape index (κ3) is 6.93. The van der Waals surface area contributed by atoms with Crippen LogP contribution in [-0.2, 0) is 24.8 Å². The molecule has 1 aromatic heterocycles. The van der Waals surface area contributed by atoms with Crippen molar-refractivity contribution in [3.05, 3.63) is 83.4 Å². The van der Waals surface area contributed by atoms with Gasteiger partial charge in [-0.05, 0) is 24.5 Å². The molecular weight excluding hydrogens is 388 g/mol. The molecule has 0 saturated carbocycles. The van der Waals surface area contributed by atoms with Crippen LogP contribution in [0.3, 0.4) is 0 Å². The summed E-state index contributed by atoms with van der Waals surface area (Å²) in [6, 6.07) is 21.2. The molecule has 0 spiro atoms. The lowest BCUT2D eigenvalue weighted by Gasteiger charge is -2.20. The fourth-order valence-electron chi connectivity index (χ4n) is 3.34. The van der Waals surface area contributed by atoms with Gasteiger partial charge in [-0.3, -0.25) is 0 Å². The second-order valence-electron chi connectivity index (χ2n) is 7.49. The van der Waals surface area contributed by atoms with Crippen LogP contribution < -0.4 is 10.6 Å². The number of methoxy groups -OCH3 is 1. The van der Waals surface area contributed by atoms with Gasteiger partial charge in [0.15, 0.2) is 11.8 Å². The maximum atomic E-state index is 5.18. The molecule has 1 heterocycles. The number of ether oxygens (including phenoxy) is 1. The number of hydrogen-bond donors (Lipinski definition) is 2. The second-order valence-corrected chi connectivity index (χ2v) is 7.49. The van der Waals surface area contributed by atoms with E-state index in [0.29, 0.717) is 25.6 Å². The fourth-order valence-corrected chi connectivity index (χ4v) is 3.34. The summed E-state index contributed by atoms with van der Waals surface area (Å²) < 4.78 is 7.14. The van der Waals surface area contributed by atoms with E-state index >= 15 is 0 Å². The Labute approximate surface area is 184 Å². The largest absolute Gasteiger partial charge is 0.383 e. The van der Waals surface area contributed by atoms with Gasteiger partial charge in [0.25, 0.3) is 0 Å². The van der Waals surface area contributed by atoms with Gasteiger partial charge in [-0.25, -0.2) is 4.99 Å². The first-order chi connectivity index (χ1) is 15.2. The molecule has 0 radical (unpaired) electrons. The summed E-state index contributed by atoms with van der Waals surface area (Å²) in [6.07, 6.45) is 0.950. The Bertz CT molecular complexity index is 939. The van der Waals surface area contributed by atoms with Crippen LogP contribution in [0.5, 0.6) is 0 Å². The first-order valence-corrected chi connectivity index (χ1v) is 10.6. The predicted octanol–water partition coefficient (Wildman–Crippen LogP) is 2.83. The van der Waals surface area contributed by atoms with Crippen molar-refractivity contribution in [2.24, 2.45) is 12.0 Å². The zero-order chi connectivity index (χ0) is 21.9. The Morgan fingerprint density at radius 3 is 2.39 bits per heavy atom. The molecule has 0 amide bonds. The molecule has 0 saturated heterocycles. The van der Waals surface area contributed by atoms with Crippen LogP contribution in [0.2, 0.25) is 0 Å². The van der Waals surface area contributed by atoms with Crippen molar-refractivity contribution in [3.8, 4) is 0 Å². The topological polar surface area (TPSA) is 76.4 Å². The van der Waals surface area contributed by atoms with Gasteiger partial charge in [-0.2, -0.15) is 0 Å². The summed E-state index contributed by atoms with van der Waals surface area (Å²) in [6.45, 7) is 4.43. The van der Waals surface area contributed by atoms with Gasteiger partial charge in [0.1, 0.15) is 12.4 Å². The summed E-state index contributed by atoms with van der Waals surface area (Å²) in [5.41, 5.74) is 2.62. The molecule has 0 aliphatic rings. The molecule has 31 heavy (non-hydrogen) atoms. The van der Waals surface area contributed by atoms with Gasteiger partial charge in [0.2, 0.25) is 0 Å². The van der Waals surface area contributed by atoms with Crippen molar-refractivity contribution < 1.29 is 4.74 Å². The Kier molecular flexibility index (Phi) is 8.60. The van der Waals surface area contributed by atoms with Crippen LogP contribution in [0.15, 0.2) is 65.7 Å². The van der Waals surface area contributed by atoms with E-state index in [-0.39, 0.29) is 0 Å². The van der Waals surface area contributed by atoms with E-state index in [4.69, 9.17) is 9.73 Å². The minimum atomic E-state index is 0.315. The Balaban J connectivity index is 1.72. The van der Waals surface area contributed by atoms with Gasteiger partial charge in [-0.15, -0.1) is 10.2 Å². The molecule has 7 heteroatoms. The van der Waals surface area contributed by atoms with E-state index in [1.54, 1.807) is 7.11 Å². The third-order valence-electron chi connectivity index (χ3n) is 5.27. The van der Waals surface area contributed by atoms with Crippen molar-refractivity contribution in [2.45, 2.75) is 25.8 Å². The molecule has 0 bridgehead atoms. The number of aryl methyl sites for hydroxylation is 1. The average Bonchev–Trinajstić information content (AvgIpc) is 3.13. The zero-order valence-corrected chi connectivity index (χ0v) is 18.6. The van der Waals surface area contributed by atoms with Crippen LogP contribution in [0.1, 0.15) is 28.7 Å². The molecule has 3 aromatic rings. The molecule has 7 nitrogen and oxygen atoms in total. The van der Waals surface area contributed by atoms with E-state index in [1.807, 2.05) is 18.5 Å². The van der Waals surface area contributed by atoms with Crippen LogP contribution in [0, 0.1) is 6.92 Å². The van der Waals surface area contributed by atoms with Gasteiger partial charge >= 0.3 is 0 Å². The van der Waals surface area contributed by atoms with Gasteiger partial charge in [-0.1, -0.05) is 60.7 Å². The highest BCUT2D eigenvalue weighted by atomic mass is 16.5. The minimum Gasteiger partial charge on any atom is -0.383 e. The van der Waals surface area contributed by atoms with Gasteiger partial charge in [0.05, 0.1) is 6.61 Å². The quantitative estimate of drug-likeness (QED) is 0.300. The monoisotopic (exact) mass is 420 g/mol. The second kappa shape index (κ2) is 11.9. The molecule has 1 unspecified atom stereocenters. The number of rotatable bonds is 10. The molecule has 2 N–H and O–H groups in total. The number of nitrogens with one attached hydrogen (secondary N) is 2. The molecule has 1 atom stereocenters. The molecular formula is C24H32N6O. The molecule has 0 aliphatic carbocycles. The van der Waals surface area contributed by atoms with Crippen molar-refractivity contribution in [3.63, 3.8) is 0 Å².